The van der Waals surface area contributed by atoms with Gasteiger partial charge in [-0.3, -0.25) is 4.79 Å². The molecular formula is C20H14Na3O7P+2. The van der Waals surface area contributed by atoms with E-state index in [2.05, 4.69) is 0 Å². The minimum Gasteiger partial charge on any atom is -0.736 e. The first-order valence-corrected chi connectivity index (χ1v) is 9.54. The zero-order chi connectivity index (χ0) is 20.1. The van der Waals surface area contributed by atoms with Crippen LogP contribution in [0.1, 0.15) is 26.3 Å². The number of benzene rings is 3. The number of carbonyl (C=O) groups excluding carboxylic acids is 1. The summed E-state index contributed by atoms with van der Waals surface area (Å²) < 4.78 is 21.7. The Bertz CT molecular complexity index is 1060. The summed E-state index contributed by atoms with van der Waals surface area (Å²) in [4.78, 5) is 35.8. The Morgan fingerprint density at radius 3 is 1.68 bits per heavy atom. The van der Waals surface area contributed by atoms with E-state index in [1.54, 1.807) is 24.3 Å². The van der Waals surface area contributed by atoms with Gasteiger partial charge in [0, 0.05) is 11.1 Å². The van der Waals surface area contributed by atoms with Gasteiger partial charge in [-0.15, -0.1) is 0 Å². The molecule has 0 aromatic heterocycles. The molecule has 0 spiro atoms. The predicted octanol–water partition coefficient (Wildman–Crippen LogP) is -5.45. The fraction of sp³-hybridized carbons (Fsp3) is 0. The maximum atomic E-state index is 12.6. The Labute approximate surface area is 245 Å². The average Bonchev–Trinajstić information content (AvgIpc) is 2.68. The first kappa shape index (κ1) is 30.6. The molecule has 31 heavy (non-hydrogen) atoms. The molecule has 0 amide bonds. The van der Waals surface area contributed by atoms with Crippen molar-refractivity contribution in [3.05, 3.63) is 95.6 Å². The van der Waals surface area contributed by atoms with Crippen LogP contribution in [0.25, 0.3) is 0 Å². The first-order chi connectivity index (χ1) is 13.4. The molecule has 0 aliphatic carbocycles. The molecule has 3 aromatic carbocycles. The summed E-state index contributed by atoms with van der Waals surface area (Å²) in [5, 5.41) is 9.20. The van der Waals surface area contributed by atoms with E-state index in [1.807, 2.05) is 0 Å². The molecule has 0 aliphatic rings. The van der Waals surface area contributed by atoms with Crippen LogP contribution in [-0.4, -0.2) is 16.9 Å². The molecule has 3 aromatic rings. The molecular weight excluding hydrogens is 452 g/mol. The second kappa shape index (κ2) is 14.0. The van der Waals surface area contributed by atoms with Crippen LogP contribution in [0.15, 0.2) is 78.9 Å². The van der Waals surface area contributed by atoms with Gasteiger partial charge < -0.3 is 19.0 Å². The second-order valence-corrected chi connectivity index (χ2v) is 6.91. The van der Waals surface area contributed by atoms with Crippen LogP contribution in [-0.2, 0) is 4.57 Å². The molecule has 0 radical (unpaired) electrons. The standard InChI is InChI=1S/C20H15O7P.3Na/c21-19(17-8-4-5-9-18(17)20(22)23)14-10-12-16(13-11-14)27-28(24,25)26-15-6-2-1-3-7-15;;;/h1-13H,(H,22,23)(H,24,25);;;/q;3*+1/p-1. The van der Waals surface area contributed by atoms with Crippen molar-refractivity contribution in [2.45, 2.75) is 0 Å². The van der Waals surface area contributed by atoms with Gasteiger partial charge in [0.1, 0.15) is 11.5 Å². The van der Waals surface area contributed by atoms with Crippen molar-refractivity contribution in [3.8, 4) is 11.5 Å². The monoisotopic (exact) mass is 466 g/mol. The van der Waals surface area contributed by atoms with Gasteiger partial charge in [0.25, 0.3) is 0 Å². The van der Waals surface area contributed by atoms with Gasteiger partial charge in [-0.2, -0.15) is 0 Å². The molecule has 11 heteroatoms. The van der Waals surface area contributed by atoms with E-state index in [0.29, 0.717) is 0 Å². The molecule has 3 rings (SSSR count). The second-order valence-electron chi connectivity index (χ2n) is 5.65. The van der Waals surface area contributed by atoms with E-state index >= 15 is 0 Å². The van der Waals surface area contributed by atoms with Gasteiger partial charge in [0.15, 0.2) is 5.78 Å². The molecule has 0 bridgehead atoms. The summed E-state index contributed by atoms with van der Waals surface area (Å²) in [7, 11) is -4.67. The van der Waals surface area contributed by atoms with E-state index in [1.165, 1.54) is 54.6 Å². The topological polar surface area (TPSA) is 113 Å². The minimum absolute atomic E-state index is 0. The van der Waals surface area contributed by atoms with Crippen molar-refractivity contribution >= 4 is 19.6 Å². The third kappa shape index (κ3) is 8.80. The van der Waals surface area contributed by atoms with Crippen molar-refractivity contribution < 1.29 is 122 Å². The number of carbonyl (C=O) groups is 2. The third-order valence-electron chi connectivity index (χ3n) is 3.70. The van der Waals surface area contributed by atoms with E-state index in [-0.39, 0.29) is 117 Å². The SMILES string of the molecule is O=C(O)c1ccccc1C(=O)c1ccc(OP(=O)([O-])Oc2ccccc2)cc1.[Na+].[Na+].[Na+]. The smallest absolute Gasteiger partial charge is 0.736 e. The third-order valence-corrected chi connectivity index (χ3v) is 4.57. The number of rotatable bonds is 7. The van der Waals surface area contributed by atoms with Crippen molar-refractivity contribution in [1.82, 2.24) is 0 Å². The Hall–Kier alpha value is -0.410. The van der Waals surface area contributed by atoms with Crippen molar-refractivity contribution in [1.29, 1.82) is 0 Å². The normalized spacial score (nSPS) is 11.4. The Balaban J connectivity index is 0.00000300. The number of carboxylic acids is 1. The van der Waals surface area contributed by atoms with Crippen LogP contribution in [0.5, 0.6) is 11.5 Å². The minimum atomic E-state index is -4.67. The fourth-order valence-corrected chi connectivity index (χ4v) is 3.25. The summed E-state index contributed by atoms with van der Waals surface area (Å²) in [5.41, 5.74) is 0.101. The van der Waals surface area contributed by atoms with Gasteiger partial charge >= 0.3 is 102 Å². The molecule has 0 saturated carbocycles. The van der Waals surface area contributed by atoms with Crippen LogP contribution in [0.4, 0.5) is 0 Å². The molecule has 0 fully saturated rings. The zero-order valence-corrected chi connectivity index (χ0v) is 24.2. The van der Waals surface area contributed by atoms with Gasteiger partial charge in [-0.05, 0) is 42.5 Å². The molecule has 1 N–H and O–H groups in total. The zero-order valence-electron chi connectivity index (χ0n) is 17.3. The Morgan fingerprint density at radius 2 is 1.16 bits per heavy atom. The van der Waals surface area contributed by atoms with E-state index < -0.39 is 19.6 Å². The number of phosphoric acid groups is 1. The number of para-hydroxylation sites is 1. The predicted molar refractivity (Wildman–Crippen MR) is 98.6 cm³/mol. The van der Waals surface area contributed by atoms with Gasteiger partial charge in [0.2, 0.25) is 0 Å². The van der Waals surface area contributed by atoms with Crippen LogP contribution in [0.2, 0.25) is 0 Å². The molecule has 0 saturated heterocycles. The number of hydrogen-bond donors (Lipinski definition) is 1. The molecule has 0 aliphatic heterocycles. The van der Waals surface area contributed by atoms with Crippen molar-refractivity contribution in [2.24, 2.45) is 0 Å². The van der Waals surface area contributed by atoms with Crippen molar-refractivity contribution in [2.75, 3.05) is 0 Å². The molecule has 142 valence electrons. The molecule has 1 unspecified atom stereocenters. The Morgan fingerprint density at radius 1 is 0.710 bits per heavy atom. The summed E-state index contributed by atoms with van der Waals surface area (Å²) in [6.07, 6.45) is 0. The summed E-state index contributed by atoms with van der Waals surface area (Å²) in [6.45, 7) is 0. The summed E-state index contributed by atoms with van der Waals surface area (Å²) >= 11 is 0. The Kier molecular flexibility index (Phi) is 13.8. The van der Waals surface area contributed by atoms with E-state index in [0.717, 1.165) is 0 Å². The average molecular weight is 466 g/mol. The number of carboxylic acid groups (broad SMARTS) is 1. The maximum absolute atomic E-state index is 12.6. The van der Waals surface area contributed by atoms with Gasteiger partial charge in [-0.25, -0.2) is 9.36 Å². The van der Waals surface area contributed by atoms with Crippen LogP contribution >= 0.6 is 7.82 Å². The number of aromatic carboxylic acids is 1. The van der Waals surface area contributed by atoms with Crippen LogP contribution in [0, 0.1) is 0 Å². The van der Waals surface area contributed by atoms with E-state index in [4.69, 9.17) is 9.05 Å². The largest absolute Gasteiger partial charge is 1.00 e. The maximum Gasteiger partial charge on any atom is 1.00 e. The number of ketones is 1. The molecule has 0 heterocycles. The van der Waals surface area contributed by atoms with Crippen molar-refractivity contribution in [3.63, 3.8) is 0 Å². The summed E-state index contributed by atoms with van der Waals surface area (Å²) in [6, 6.07) is 19.0. The van der Waals surface area contributed by atoms with Gasteiger partial charge in [-0.1, -0.05) is 36.4 Å². The van der Waals surface area contributed by atoms with Gasteiger partial charge in [0.05, 0.1) is 5.56 Å². The first-order valence-electron chi connectivity index (χ1n) is 8.08. The summed E-state index contributed by atoms with van der Waals surface area (Å²) in [5.74, 6) is -1.65. The van der Waals surface area contributed by atoms with Crippen LogP contribution < -0.4 is 103 Å². The molecule has 7 nitrogen and oxygen atoms in total. The number of hydrogen-bond acceptors (Lipinski definition) is 6. The quantitative estimate of drug-likeness (QED) is 0.210. The van der Waals surface area contributed by atoms with Crippen LogP contribution in [0.3, 0.4) is 0 Å². The number of phosphoric ester groups is 1. The fourth-order valence-electron chi connectivity index (χ4n) is 2.45. The van der Waals surface area contributed by atoms with E-state index in [9.17, 15) is 24.2 Å². The molecule has 1 atom stereocenters.